The third-order valence-electron chi connectivity index (χ3n) is 4.08. The van der Waals surface area contributed by atoms with Gasteiger partial charge in [-0.25, -0.2) is 4.90 Å². The Bertz CT molecular complexity index is 932. The summed E-state index contributed by atoms with van der Waals surface area (Å²) in [5, 5.41) is 0. The number of carbonyl (C=O) groups excluding carboxylic acids is 3. The van der Waals surface area contributed by atoms with Crippen molar-refractivity contribution in [2.24, 2.45) is 5.73 Å². The molecule has 0 aromatic heterocycles. The number of hydrogen-bond donors (Lipinski definition) is 1. The van der Waals surface area contributed by atoms with Crippen LogP contribution in [0, 0.1) is 0 Å². The lowest BCUT2D eigenvalue weighted by molar-refractivity contribution is -0.122. The first kappa shape index (κ1) is 17.4. The van der Waals surface area contributed by atoms with E-state index in [1.165, 1.54) is 19.1 Å². The van der Waals surface area contributed by atoms with Crippen molar-refractivity contribution < 1.29 is 19.1 Å². The summed E-state index contributed by atoms with van der Waals surface area (Å²) in [4.78, 5) is 37.7. The van der Waals surface area contributed by atoms with Crippen LogP contribution in [-0.2, 0) is 14.3 Å². The average molecular weight is 350 g/mol. The third-order valence-corrected chi connectivity index (χ3v) is 4.08. The topological polar surface area (TPSA) is 89.7 Å². The SMILES string of the molecule is CCO/C(=C1/C(=O)N(C(C)=O)c2cc(C(N)=O)ccc21)c1ccccc1. The van der Waals surface area contributed by atoms with Gasteiger partial charge in [-0.1, -0.05) is 36.4 Å². The predicted molar refractivity (Wildman–Crippen MR) is 98.0 cm³/mol. The molecule has 0 radical (unpaired) electrons. The van der Waals surface area contributed by atoms with Gasteiger partial charge in [0.2, 0.25) is 11.8 Å². The number of ether oxygens (including phenoxy) is 1. The van der Waals surface area contributed by atoms with Crippen LogP contribution in [-0.4, -0.2) is 24.3 Å². The fourth-order valence-electron chi connectivity index (χ4n) is 2.98. The van der Waals surface area contributed by atoms with Crippen LogP contribution < -0.4 is 10.6 Å². The lowest BCUT2D eigenvalue weighted by Gasteiger charge is -2.13. The van der Waals surface area contributed by atoms with E-state index in [2.05, 4.69) is 0 Å². The Morgan fingerprint density at radius 2 is 1.77 bits per heavy atom. The van der Waals surface area contributed by atoms with Gasteiger partial charge in [-0.15, -0.1) is 0 Å². The van der Waals surface area contributed by atoms with Crippen LogP contribution in [0.2, 0.25) is 0 Å². The van der Waals surface area contributed by atoms with Crippen molar-refractivity contribution in [1.29, 1.82) is 0 Å². The maximum atomic E-state index is 13.0. The third kappa shape index (κ3) is 2.86. The minimum Gasteiger partial charge on any atom is -0.492 e. The van der Waals surface area contributed by atoms with Crippen LogP contribution in [0.4, 0.5) is 5.69 Å². The lowest BCUT2D eigenvalue weighted by Crippen LogP contribution is -2.31. The van der Waals surface area contributed by atoms with Gasteiger partial charge in [0.05, 0.1) is 17.9 Å². The first-order valence-corrected chi connectivity index (χ1v) is 8.17. The van der Waals surface area contributed by atoms with Gasteiger partial charge in [0.1, 0.15) is 5.76 Å². The zero-order chi connectivity index (χ0) is 18.8. The molecular weight excluding hydrogens is 332 g/mol. The van der Waals surface area contributed by atoms with Crippen molar-refractivity contribution in [3.63, 3.8) is 0 Å². The fourth-order valence-corrected chi connectivity index (χ4v) is 2.98. The molecule has 1 heterocycles. The van der Waals surface area contributed by atoms with Crippen molar-refractivity contribution in [2.75, 3.05) is 11.5 Å². The Labute approximate surface area is 150 Å². The number of nitrogens with zero attached hydrogens (tertiary/aromatic N) is 1. The standard InChI is InChI=1S/C20H18N2O4/c1-3-26-18(13-7-5-4-6-8-13)17-15-10-9-14(19(21)24)11-16(15)22(12(2)23)20(17)25/h4-11H,3H2,1-2H3,(H2,21,24)/b18-17+. The number of primary amides is 1. The van der Waals surface area contributed by atoms with Crippen molar-refractivity contribution in [3.8, 4) is 0 Å². The molecule has 0 bridgehead atoms. The molecule has 0 saturated heterocycles. The molecule has 0 unspecified atom stereocenters. The highest BCUT2D eigenvalue weighted by Crippen LogP contribution is 2.41. The zero-order valence-electron chi connectivity index (χ0n) is 14.5. The van der Waals surface area contributed by atoms with Gasteiger partial charge in [0.15, 0.2) is 0 Å². The average Bonchev–Trinajstić information content (AvgIpc) is 2.91. The van der Waals surface area contributed by atoms with Crippen LogP contribution in [0.5, 0.6) is 0 Å². The van der Waals surface area contributed by atoms with Gasteiger partial charge in [0, 0.05) is 23.6 Å². The molecule has 2 aromatic rings. The van der Waals surface area contributed by atoms with E-state index in [0.29, 0.717) is 29.2 Å². The molecule has 132 valence electrons. The van der Waals surface area contributed by atoms with E-state index >= 15 is 0 Å². The number of carbonyl (C=O) groups is 3. The molecule has 2 aromatic carbocycles. The minimum atomic E-state index is -0.630. The van der Waals surface area contributed by atoms with E-state index in [0.717, 1.165) is 10.5 Å². The quantitative estimate of drug-likeness (QED) is 0.678. The number of benzene rings is 2. The molecule has 0 atom stereocenters. The molecule has 26 heavy (non-hydrogen) atoms. The van der Waals surface area contributed by atoms with E-state index in [1.54, 1.807) is 6.07 Å². The number of rotatable bonds is 4. The Morgan fingerprint density at radius 1 is 1.08 bits per heavy atom. The molecule has 1 aliphatic rings. The normalized spacial score (nSPS) is 14.8. The summed E-state index contributed by atoms with van der Waals surface area (Å²) in [6, 6.07) is 13.8. The van der Waals surface area contributed by atoms with Crippen molar-refractivity contribution in [2.45, 2.75) is 13.8 Å². The highest BCUT2D eigenvalue weighted by atomic mass is 16.5. The Balaban J connectivity index is 2.30. The summed E-state index contributed by atoms with van der Waals surface area (Å²) >= 11 is 0. The summed E-state index contributed by atoms with van der Waals surface area (Å²) in [7, 11) is 0. The molecule has 0 saturated carbocycles. The van der Waals surface area contributed by atoms with Gasteiger partial charge in [-0.2, -0.15) is 0 Å². The van der Waals surface area contributed by atoms with Gasteiger partial charge in [0.25, 0.3) is 5.91 Å². The van der Waals surface area contributed by atoms with E-state index in [1.807, 2.05) is 37.3 Å². The van der Waals surface area contributed by atoms with Crippen molar-refractivity contribution in [3.05, 3.63) is 65.2 Å². The number of nitrogens with two attached hydrogens (primary N) is 1. The van der Waals surface area contributed by atoms with Gasteiger partial charge < -0.3 is 10.5 Å². The molecule has 1 aliphatic heterocycles. The largest absolute Gasteiger partial charge is 0.492 e. The summed E-state index contributed by atoms with van der Waals surface area (Å²) < 4.78 is 5.77. The molecule has 6 heteroatoms. The summed E-state index contributed by atoms with van der Waals surface area (Å²) in [6.07, 6.45) is 0. The summed E-state index contributed by atoms with van der Waals surface area (Å²) in [5.74, 6) is -1.16. The van der Waals surface area contributed by atoms with E-state index in [9.17, 15) is 14.4 Å². The van der Waals surface area contributed by atoms with Crippen LogP contribution in [0.25, 0.3) is 11.3 Å². The zero-order valence-corrected chi connectivity index (χ0v) is 14.5. The number of hydrogen-bond acceptors (Lipinski definition) is 4. The second-order valence-corrected chi connectivity index (χ2v) is 5.76. The molecule has 6 nitrogen and oxygen atoms in total. The van der Waals surface area contributed by atoms with Gasteiger partial charge in [-0.05, 0) is 19.1 Å². The lowest BCUT2D eigenvalue weighted by atomic mass is 10.0. The van der Waals surface area contributed by atoms with Crippen molar-refractivity contribution in [1.82, 2.24) is 0 Å². The van der Waals surface area contributed by atoms with Crippen LogP contribution in [0.15, 0.2) is 48.5 Å². The Morgan fingerprint density at radius 3 is 2.35 bits per heavy atom. The Hall–Kier alpha value is -3.41. The maximum absolute atomic E-state index is 13.0. The van der Waals surface area contributed by atoms with Gasteiger partial charge >= 0.3 is 0 Å². The molecule has 0 aliphatic carbocycles. The monoisotopic (exact) mass is 350 g/mol. The van der Waals surface area contributed by atoms with E-state index in [4.69, 9.17) is 10.5 Å². The van der Waals surface area contributed by atoms with Crippen LogP contribution in [0.1, 0.15) is 35.3 Å². The first-order chi connectivity index (χ1) is 12.5. The number of imide groups is 1. The fraction of sp³-hybridized carbons (Fsp3) is 0.150. The summed E-state index contributed by atoms with van der Waals surface area (Å²) in [6.45, 7) is 3.48. The van der Waals surface area contributed by atoms with Crippen LogP contribution in [0.3, 0.4) is 0 Å². The molecule has 0 spiro atoms. The van der Waals surface area contributed by atoms with Crippen molar-refractivity contribution >= 4 is 34.7 Å². The maximum Gasteiger partial charge on any atom is 0.269 e. The molecule has 0 fully saturated rings. The predicted octanol–water partition coefficient (Wildman–Crippen LogP) is 2.58. The number of amides is 3. The summed E-state index contributed by atoms with van der Waals surface area (Å²) in [5.41, 5.74) is 7.44. The second-order valence-electron chi connectivity index (χ2n) is 5.76. The van der Waals surface area contributed by atoms with Gasteiger partial charge in [-0.3, -0.25) is 14.4 Å². The highest BCUT2D eigenvalue weighted by molar-refractivity contribution is 6.43. The first-order valence-electron chi connectivity index (χ1n) is 8.17. The highest BCUT2D eigenvalue weighted by Gasteiger charge is 2.38. The number of anilines is 1. The molecule has 2 N–H and O–H groups in total. The minimum absolute atomic E-state index is 0.224. The van der Waals surface area contributed by atoms with E-state index < -0.39 is 17.7 Å². The molecular formula is C20H18N2O4. The Kier molecular flexibility index (Phi) is 4.58. The molecule has 3 rings (SSSR count). The van der Waals surface area contributed by atoms with Crippen LogP contribution >= 0.6 is 0 Å². The number of fused-ring (bicyclic) bond motifs is 1. The smallest absolute Gasteiger partial charge is 0.269 e. The molecule has 3 amide bonds. The van der Waals surface area contributed by atoms with E-state index in [-0.39, 0.29) is 5.56 Å². The second kappa shape index (κ2) is 6.84.